The summed E-state index contributed by atoms with van der Waals surface area (Å²) in [5.74, 6) is -0.647. The maximum Gasteiger partial charge on any atom is 0.305 e. The number of hydrogen-bond acceptors (Lipinski definition) is 3. The van der Waals surface area contributed by atoms with E-state index in [1.165, 1.54) is 12.1 Å². The van der Waals surface area contributed by atoms with Crippen LogP contribution in [0.15, 0.2) is 24.3 Å². The number of carbonyl (C=O) groups excluding carboxylic acids is 1. The van der Waals surface area contributed by atoms with Crippen LogP contribution in [0.1, 0.15) is 32.3 Å². The number of halogens is 1. The van der Waals surface area contributed by atoms with Crippen LogP contribution < -0.4 is 0 Å². The van der Waals surface area contributed by atoms with Gasteiger partial charge in [-0.2, -0.15) is 0 Å². The van der Waals surface area contributed by atoms with Gasteiger partial charge in [0.1, 0.15) is 5.82 Å². The van der Waals surface area contributed by atoms with Crippen LogP contribution in [0.25, 0.3) is 0 Å². The number of aliphatic hydroxyl groups is 1. The Kier molecular flexibility index (Phi) is 5.28. The van der Waals surface area contributed by atoms with Crippen molar-refractivity contribution >= 4 is 5.97 Å². The molecule has 0 saturated carbocycles. The van der Waals surface area contributed by atoms with Gasteiger partial charge in [-0.05, 0) is 38.0 Å². The molecule has 0 heterocycles. The SMILES string of the molecule is CCOC(=O)CCC(C)(O)Cc1cccc(F)c1. The standard InChI is InChI=1S/C14H19FO3/c1-3-18-13(16)7-8-14(2,17)10-11-5-4-6-12(15)9-11/h4-6,9,17H,3,7-8,10H2,1-2H3. The Morgan fingerprint density at radius 3 is 2.83 bits per heavy atom. The minimum absolute atomic E-state index is 0.163. The van der Waals surface area contributed by atoms with Gasteiger partial charge in [-0.1, -0.05) is 12.1 Å². The quantitative estimate of drug-likeness (QED) is 0.793. The van der Waals surface area contributed by atoms with Crippen molar-refractivity contribution in [2.45, 2.75) is 38.7 Å². The first-order chi connectivity index (χ1) is 8.43. The third-order valence-corrected chi connectivity index (χ3v) is 2.65. The molecule has 0 saturated heterocycles. The third kappa shape index (κ3) is 5.27. The number of esters is 1. The highest BCUT2D eigenvalue weighted by Crippen LogP contribution is 2.19. The van der Waals surface area contributed by atoms with Crippen LogP contribution in [0.5, 0.6) is 0 Å². The fourth-order valence-electron chi connectivity index (χ4n) is 1.78. The molecular weight excluding hydrogens is 235 g/mol. The van der Waals surface area contributed by atoms with E-state index < -0.39 is 5.60 Å². The molecule has 1 N–H and O–H groups in total. The molecule has 0 aliphatic heterocycles. The molecular formula is C14H19FO3. The first-order valence-corrected chi connectivity index (χ1v) is 6.05. The van der Waals surface area contributed by atoms with Crippen molar-refractivity contribution in [3.8, 4) is 0 Å². The average molecular weight is 254 g/mol. The predicted octanol–water partition coefficient (Wildman–Crippen LogP) is 2.46. The molecule has 0 aromatic heterocycles. The van der Waals surface area contributed by atoms with Crippen LogP contribution in [0.4, 0.5) is 4.39 Å². The molecule has 1 rings (SSSR count). The molecule has 0 aliphatic rings. The van der Waals surface area contributed by atoms with Crippen molar-refractivity contribution in [1.29, 1.82) is 0 Å². The summed E-state index contributed by atoms with van der Waals surface area (Å²) < 4.78 is 17.8. The van der Waals surface area contributed by atoms with E-state index in [1.54, 1.807) is 26.0 Å². The zero-order valence-electron chi connectivity index (χ0n) is 10.8. The second-order valence-electron chi connectivity index (χ2n) is 4.61. The van der Waals surface area contributed by atoms with Gasteiger partial charge in [-0.25, -0.2) is 4.39 Å². The van der Waals surface area contributed by atoms with E-state index in [9.17, 15) is 14.3 Å². The lowest BCUT2D eigenvalue weighted by Crippen LogP contribution is -2.28. The van der Waals surface area contributed by atoms with Gasteiger partial charge in [0.25, 0.3) is 0 Å². The number of rotatable bonds is 6. The number of carbonyl (C=O) groups is 1. The van der Waals surface area contributed by atoms with Gasteiger partial charge >= 0.3 is 5.97 Å². The normalized spacial score (nSPS) is 14.0. The molecule has 0 bridgehead atoms. The Morgan fingerprint density at radius 2 is 2.22 bits per heavy atom. The van der Waals surface area contributed by atoms with Crippen molar-refractivity contribution < 1.29 is 19.0 Å². The zero-order chi connectivity index (χ0) is 13.6. The van der Waals surface area contributed by atoms with E-state index in [0.717, 1.165) is 0 Å². The molecule has 100 valence electrons. The summed E-state index contributed by atoms with van der Waals surface area (Å²) in [4.78, 5) is 11.2. The van der Waals surface area contributed by atoms with Gasteiger partial charge in [-0.3, -0.25) is 4.79 Å². The smallest absolute Gasteiger partial charge is 0.305 e. The average Bonchev–Trinajstić information content (AvgIpc) is 2.26. The first-order valence-electron chi connectivity index (χ1n) is 6.05. The molecule has 1 unspecified atom stereocenters. The van der Waals surface area contributed by atoms with Crippen molar-refractivity contribution in [3.05, 3.63) is 35.6 Å². The number of ether oxygens (including phenoxy) is 1. The van der Waals surface area contributed by atoms with Crippen LogP contribution in [-0.2, 0) is 16.0 Å². The lowest BCUT2D eigenvalue weighted by molar-refractivity contribution is -0.144. The summed E-state index contributed by atoms with van der Waals surface area (Å²) >= 11 is 0. The van der Waals surface area contributed by atoms with E-state index in [2.05, 4.69) is 0 Å². The third-order valence-electron chi connectivity index (χ3n) is 2.65. The maximum atomic E-state index is 13.0. The second kappa shape index (κ2) is 6.50. The minimum atomic E-state index is -1.04. The summed E-state index contributed by atoms with van der Waals surface area (Å²) in [5, 5.41) is 10.1. The van der Waals surface area contributed by atoms with Crippen LogP contribution in [0.3, 0.4) is 0 Å². The van der Waals surface area contributed by atoms with Gasteiger partial charge in [0, 0.05) is 12.8 Å². The first kappa shape index (κ1) is 14.6. The molecule has 1 aromatic carbocycles. The summed E-state index contributed by atoms with van der Waals surface area (Å²) in [6.45, 7) is 3.71. The van der Waals surface area contributed by atoms with E-state index in [1.807, 2.05) is 0 Å². The van der Waals surface area contributed by atoms with Crippen molar-refractivity contribution in [3.63, 3.8) is 0 Å². The number of hydrogen-bond donors (Lipinski definition) is 1. The molecule has 3 nitrogen and oxygen atoms in total. The fourth-order valence-corrected chi connectivity index (χ4v) is 1.78. The number of benzene rings is 1. The highest BCUT2D eigenvalue weighted by Gasteiger charge is 2.22. The van der Waals surface area contributed by atoms with Crippen molar-refractivity contribution in [1.82, 2.24) is 0 Å². The Morgan fingerprint density at radius 1 is 1.50 bits per heavy atom. The van der Waals surface area contributed by atoms with E-state index in [4.69, 9.17) is 4.74 Å². The van der Waals surface area contributed by atoms with Crippen molar-refractivity contribution in [2.75, 3.05) is 6.61 Å². The monoisotopic (exact) mass is 254 g/mol. The maximum absolute atomic E-state index is 13.0. The molecule has 0 amide bonds. The lowest BCUT2D eigenvalue weighted by atomic mass is 9.92. The molecule has 4 heteroatoms. The predicted molar refractivity (Wildman–Crippen MR) is 66.6 cm³/mol. The lowest BCUT2D eigenvalue weighted by Gasteiger charge is -2.22. The highest BCUT2D eigenvalue weighted by molar-refractivity contribution is 5.69. The van der Waals surface area contributed by atoms with Crippen LogP contribution >= 0.6 is 0 Å². The van der Waals surface area contributed by atoms with E-state index in [0.29, 0.717) is 25.0 Å². The zero-order valence-corrected chi connectivity index (χ0v) is 10.8. The Bertz CT molecular complexity index is 402. The summed E-state index contributed by atoms with van der Waals surface area (Å²) in [5.41, 5.74) is -0.329. The Hall–Kier alpha value is -1.42. The fraction of sp³-hybridized carbons (Fsp3) is 0.500. The van der Waals surface area contributed by atoms with Crippen LogP contribution in [0.2, 0.25) is 0 Å². The Labute approximate surface area is 107 Å². The molecule has 1 atom stereocenters. The van der Waals surface area contributed by atoms with Gasteiger partial charge in [-0.15, -0.1) is 0 Å². The van der Waals surface area contributed by atoms with Crippen LogP contribution in [-0.4, -0.2) is 23.3 Å². The van der Waals surface area contributed by atoms with Crippen LogP contribution in [0, 0.1) is 5.82 Å². The topological polar surface area (TPSA) is 46.5 Å². The summed E-state index contributed by atoms with van der Waals surface area (Å²) in [6, 6.07) is 6.10. The Balaban J connectivity index is 2.51. The largest absolute Gasteiger partial charge is 0.466 e. The summed E-state index contributed by atoms with van der Waals surface area (Å²) in [7, 11) is 0. The molecule has 0 spiro atoms. The van der Waals surface area contributed by atoms with Gasteiger partial charge in [0.2, 0.25) is 0 Å². The molecule has 0 radical (unpaired) electrons. The van der Waals surface area contributed by atoms with Gasteiger partial charge in [0.05, 0.1) is 12.2 Å². The highest BCUT2D eigenvalue weighted by atomic mass is 19.1. The second-order valence-corrected chi connectivity index (χ2v) is 4.61. The molecule has 1 aromatic rings. The molecule has 18 heavy (non-hydrogen) atoms. The van der Waals surface area contributed by atoms with Crippen molar-refractivity contribution in [2.24, 2.45) is 0 Å². The van der Waals surface area contributed by atoms with Gasteiger partial charge < -0.3 is 9.84 Å². The van der Waals surface area contributed by atoms with E-state index in [-0.39, 0.29) is 18.2 Å². The molecule has 0 fully saturated rings. The summed E-state index contributed by atoms with van der Waals surface area (Å²) in [6.07, 6.45) is 0.767. The minimum Gasteiger partial charge on any atom is -0.466 e. The molecule has 0 aliphatic carbocycles. The van der Waals surface area contributed by atoms with Gasteiger partial charge in [0.15, 0.2) is 0 Å². The van der Waals surface area contributed by atoms with E-state index >= 15 is 0 Å².